The van der Waals surface area contributed by atoms with Crippen LogP contribution in [-0.2, 0) is 0 Å². The van der Waals surface area contributed by atoms with Crippen LogP contribution in [0, 0.1) is 13.8 Å². The fraction of sp³-hybridized carbons (Fsp3) is 0.200. The summed E-state index contributed by atoms with van der Waals surface area (Å²) in [5.41, 5.74) is 3.39. The van der Waals surface area contributed by atoms with Gasteiger partial charge >= 0.3 is 0 Å². The van der Waals surface area contributed by atoms with Gasteiger partial charge in [0.25, 0.3) is 5.91 Å². The molecule has 0 saturated heterocycles. The second kappa shape index (κ2) is 5.92. The van der Waals surface area contributed by atoms with Crippen LogP contribution in [0.3, 0.4) is 0 Å². The summed E-state index contributed by atoms with van der Waals surface area (Å²) in [6.07, 6.45) is 1.50. The van der Waals surface area contributed by atoms with Gasteiger partial charge in [0.1, 0.15) is 5.82 Å². The number of hydrogen-bond donors (Lipinski definition) is 2. The third-order valence-electron chi connectivity index (χ3n) is 2.97. The van der Waals surface area contributed by atoms with Crippen LogP contribution in [0.25, 0.3) is 0 Å². The van der Waals surface area contributed by atoms with E-state index in [2.05, 4.69) is 15.6 Å². The van der Waals surface area contributed by atoms with Crippen molar-refractivity contribution in [2.75, 3.05) is 17.7 Å². The average molecular weight is 290 g/mol. The molecule has 0 radical (unpaired) electrons. The molecule has 0 unspecified atom stereocenters. The topological polar surface area (TPSA) is 54.0 Å². The molecule has 0 bridgehead atoms. The lowest BCUT2D eigenvalue weighted by Gasteiger charge is -2.10. The molecule has 0 aliphatic carbocycles. The molecule has 2 aromatic rings. The zero-order valence-electron chi connectivity index (χ0n) is 11.6. The SMILES string of the molecule is CNc1ncc(C(=O)Nc2ccc(C)cc2C)cc1Cl. The smallest absolute Gasteiger partial charge is 0.257 e. The first-order valence-electron chi connectivity index (χ1n) is 6.23. The van der Waals surface area contributed by atoms with E-state index in [9.17, 15) is 4.79 Å². The van der Waals surface area contributed by atoms with Crippen LogP contribution in [0.5, 0.6) is 0 Å². The Bertz CT molecular complexity index is 656. The number of nitrogens with zero attached hydrogens (tertiary/aromatic N) is 1. The first-order valence-corrected chi connectivity index (χ1v) is 6.61. The molecule has 4 nitrogen and oxygen atoms in total. The Morgan fingerprint density at radius 3 is 2.60 bits per heavy atom. The van der Waals surface area contributed by atoms with Crippen molar-refractivity contribution in [3.8, 4) is 0 Å². The van der Waals surface area contributed by atoms with E-state index < -0.39 is 0 Å². The Balaban J connectivity index is 2.21. The van der Waals surface area contributed by atoms with Crippen LogP contribution >= 0.6 is 11.6 Å². The number of rotatable bonds is 3. The lowest BCUT2D eigenvalue weighted by molar-refractivity contribution is 0.102. The number of anilines is 2. The van der Waals surface area contributed by atoms with Gasteiger partial charge in [0.15, 0.2) is 0 Å². The number of nitrogens with one attached hydrogen (secondary N) is 2. The monoisotopic (exact) mass is 289 g/mol. The number of carbonyl (C=O) groups excluding carboxylic acids is 1. The molecule has 104 valence electrons. The fourth-order valence-electron chi connectivity index (χ4n) is 1.89. The van der Waals surface area contributed by atoms with E-state index in [0.29, 0.717) is 16.4 Å². The molecule has 1 amide bonds. The van der Waals surface area contributed by atoms with E-state index in [1.165, 1.54) is 6.20 Å². The maximum Gasteiger partial charge on any atom is 0.257 e. The van der Waals surface area contributed by atoms with Crippen molar-refractivity contribution in [1.29, 1.82) is 0 Å². The summed E-state index contributed by atoms with van der Waals surface area (Å²) < 4.78 is 0. The minimum atomic E-state index is -0.228. The standard InChI is InChI=1S/C15H16ClN3O/c1-9-4-5-13(10(2)6-9)19-15(20)11-7-12(16)14(17-3)18-8-11/h4-8H,1-3H3,(H,17,18)(H,19,20). The summed E-state index contributed by atoms with van der Waals surface area (Å²) in [7, 11) is 1.73. The molecule has 1 aromatic carbocycles. The zero-order valence-corrected chi connectivity index (χ0v) is 12.4. The highest BCUT2D eigenvalue weighted by Gasteiger charge is 2.10. The molecule has 2 N–H and O–H groups in total. The number of pyridine rings is 1. The predicted molar refractivity (Wildman–Crippen MR) is 82.7 cm³/mol. The third-order valence-corrected chi connectivity index (χ3v) is 3.26. The Kier molecular flexibility index (Phi) is 4.25. The normalized spacial score (nSPS) is 10.2. The number of amides is 1. The van der Waals surface area contributed by atoms with Gasteiger partial charge in [-0.05, 0) is 31.5 Å². The Labute approximate surface area is 123 Å². The number of carbonyl (C=O) groups is 1. The van der Waals surface area contributed by atoms with Crippen LogP contribution in [0.1, 0.15) is 21.5 Å². The Morgan fingerprint density at radius 2 is 2.00 bits per heavy atom. The van der Waals surface area contributed by atoms with Crippen molar-refractivity contribution in [3.63, 3.8) is 0 Å². The number of hydrogen-bond acceptors (Lipinski definition) is 3. The Hall–Kier alpha value is -2.07. The highest BCUT2D eigenvalue weighted by Crippen LogP contribution is 2.21. The molecule has 0 atom stereocenters. The summed E-state index contributed by atoms with van der Waals surface area (Å²) in [6, 6.07) is 7.46. The summed E-state index contributed by atoms with van der Waals surface area (Å²) in [5, 5.41) is 6.13. The largest absolute Gasteiger partial charge is 0.372 e. The number of benzene rings is 1. The molecule has 1 aromatic heterocycles. The molecule has 20 heavy (non-hydrogen) atoms. The lowest BCUT2D eigenvalue weighted by atomic mass is 10.1. The van der Waals surface area contributed by atoms with Gasteiger partial charge in [-0.1, -0.05) is 29.3 Å². The van der Waals surface area contributed by atoms with E-state index in [1.807, 2.05) is 32.0 Å². The zero-order chi connectivity index (χ0) is 14.7. The van der Waals surface area contributed by atoms with Crippen LogP contribution < -0.4 is 10.6 Å². The second-order valence-corrected chi connectivity index (χ2v) is 4.98. The molecule has 0 aliphatic heterocycles. The number of halogens is 1. The molecular formula is C15H16ClN3O. The van der Waals surface area contributed by atoms with E-state index in [-0.39, 0.29) is 5.91 Å². The quantitative estimate of drug-likeness (QED) is 0.907. The molecule has 2 rings (SSSR count). The number of aryl methyl sites for hydroxylation is 2. The molecule has 5 heteroatoms. The van der Waals surface area contributed by atoms with Crippen molar-refractivity contribution in [3.05, 3.63) is 52.2 Å². The minimum absolute atomic E-state index is 0.228. The van der Waals surface area contributed by atoms with Gasteiger partial charge in [-0.3, -0.25) is 4.79 Å². The van der Waals surface area contributed by atoms with E-state index in [0.717, 1.165) is 16.8 Å². The van der Waals surface area contributed by atoms with Crippen molar-refractivity contribution in [1.82, 2.24) is 4.98 Å². The number of aromatic nitrogens is 1. The molecule has 0 aliphatic rings. The molecule has 0 fully saturated rings. The lowest BCUT2D eigenvalue weighted by Crippen LogP contribution is -2.13. The molecular weight excluding hydrogens is 274 g/mol. The van der Waals surface area contributed by atoms with Gasteiger partial charge in [0.05, 0.1) is 10.6 Å². The first-order chi connectivity index (χ1) is 9.51. The second-order valence-electron chi connectivity index (χ2n) is 4.58. The predicted octanol–water partition coefficient (Wildman–Crippen LogP) is 3.65. The molecule has 0 spiro atoms. The highest BCUT2D eigenvalue weighted by molar-refractivity contribution is 6.33. The summed E-state index contributed by atoms with van der Waals surface area (Å²) in [4.78, 5) is 16.3. The third kappa shape index (κ3) is 3.08. The summed E-state index contributed by atoms with van der Waals surface area (Å²) >= 11 is 6.02. The van der Waals surface area contributed by atoms with E-state index in [1.54, 1.807) is 13.1 Å². The molecule has 0 saturated carbocycles. The maximum absolute atomic E-state index is 12.2. The van der Waals surface area contributed by atoms with E-state index in [4.69, 9.17) is 11.6 Å². The van der Waals surface area contributed by atoms with Gasteiger partial charge in [-0.2, -0.15) is 0 Å². The maximum atomic E-state index is 12.2. The molecule has 1 heterocycles. The minimum Gasteiger partial charge on any atom is -0.372 e. The van der Waals surface area contributed by atoms with Gasteiger partial charge in [-0.25, -0.2) is 4.98 Å². The van der Waals surface area contributed by atoms with Crippen LogP contribution in [0.15, 0.2) is 30.5 Å². The first kappa shape index (κ1) is 14.3. The average Bonchev–Trinajstić information content (AvgIpc) is 2.41. The van der Waals surface area contributed by atoms with Crippen LogP contribution in [0.2, 0.25) is 5.02 Å². The van der Waals surface area contributed by atoms with Crippen molar-refractivity contribution in [2.24, 2.45) is 0 Å². The van der Waals surface area contributed by atoms with Gasteiger partial charge in [0.2, 0.25) is 0 Å². The van der Waals surface area contributed by atoms with Crippen molar-refractivity contribution < 1.29 is 4.79 Å². The van der Waals surface area contributed by atoms with Gasteiger partial charge < -0.3 is 10.6 Å². The summed E-state index contributed by atoms with van der Waals surface area (Å²) in [5.74, 6) is 0.323. The Morgan fingerprint density at radius 1 is 1.25 bits per heavy atom. The van der Waals surface area contributed by atoms with Gasteiger partial charge in [-0.15, -0.1) is 0 Å². The van der Waals surface area contributed by atoms with Gasteiger partial charge in [0, 0.05) is 18.9 Å². The van der Waals surface area contributed by atoms with E-state index >= 15 is 0 Å². The van der Waals surface area contributed by atoms with Crippen LogP contribution in [0.4, 0.5) is 11.5 Å². The fourth-order valence-corrected chi connectivity index (χ4v) is 2.16. The van der Waals surface area contributed by atoms with Crippen LogP contribution in [-0.4, -0.2) is 17.9 Å². The van der Waals surface area contributed by atoms with Crippen molar-refractivity contribution >= 4 is 29.0 Å². The van der Waals surface area contributed by atoms with Crippen molar-refractivity contribution in [2.45, 2.75) is 13.8 Å². The highest BCUT2D eigenvalue weighted by atomic mass is 35.5. The summed E-state index contributed by atoms with van der Waals surface area (Å²) in [6.45, 7) is 3.97.